The second-order valence-electron chi connectivity index (χ2n) is 3.98. The lowest BCUT2D eigenvalue weighted by atomic mass is 10.2. The number of benzene rings is 2. The number of nitrogens with two attached hydrogens (primary N) is 1. The molecule has 2 rings (SSSR count). The molecule has 2 nitrogen and oxygen atoms in total. The molecule has 0 saturated carbocycles. The van der Waals surface area contributed by atoms with Crippen LogP contribution in [0.15, 0.2) is 40.9 Å². The van der Waals surface area contributed by atoms with Crippen molar-refractivity contribution in [2.75, 3.05) is 0 Å². The molecule has 5 heteroatoms. The van der Waals surface area contributed by atoms with Crippen molar-refractivity contribution >= 4 is 15.9 Å². The summed E-state index contributed by atoms with van der Waals surface area (Å²) in [5.74, 6) is -0.631. The lowest BCUT2D eigenvalue weighted by Crippen LogP contribution is -2.04. The summed E-state index contributed by atoms with van der Waals surface area (Å²) >= 11 is 3.34. The molecule has 0 aliphatic heterocycles. The van der Waals surface area contributed by atoms with Crippen LogP contribution in [0.1, 0.15) is 11.1 Å². The van der Waals surface area contributed by atoms with Gasteiger partial charge in [0.25, 0.3) is 0 Å². The van der Waals surface area contributed by atoms with Crippen LogP contribution in [0.5, 0.6) is 5.75 Å². The van der Waals surface area contributed by atoms with E-state index in [0.29, 0.717) is 17.9 Å². The van der Waals surface area contributed by atoms with Crippen molar-refractivity contribution in [1.29, 1.82) is 0 Å². The Kier molecular flexibility index (Phi) is 4.50. The van der Waals surface area contributed by atoms with Crippen LogP contribution in [0.2, 0.25) is 0 Å². The van der Waals surface area contributed by atoms with Gasteiger partial charge in [0.15, 0.2) is 0 Å². The molecule has 0 aliphatic carbocycles. The predicted molar refractivity (Wildman–Crippen MR) is 72.7 cm³/mol. The Morgan fingerprint density at radius 1 is 1.05 bits per heavy atom. The molecule has 0 fully saturated rings. The molecular weight excluding hydrogens is 316 g/mol. The number of hydrogen-bond acceptors (Lipinski definition) is 2. The third kappa shape index (κ3) is 3.52. The number of rotatable bonds is 4. The topological polar surface area (TPSA) is 35.2 Å². The highest BCUT2D eigenvalue weighted by atomic mass is 79.9. The van der Waals surface area contributed by atoms with Gasteiger partial charge in [-0.15, -0.1) is 0 Å². The normalized spacial score (nSPS) is 10.5. The van der Waals surface area contributed by atoms with Gasteiger partial charge in [-0.1, -0.05) is 15.9 Å². The van der Waals surface area contributed by atoms with Gasteiger partial charge >= 0.3 is 0 Å². The van der Waals surface area contributed by atoms with Crippen LogP contribution in [0.3, 0.4) is 0 Å². The molecular formula is C14H12BrF2NO. The van der Waals surface area contributed by atoms with E-state index in [9.17, 15) is 8.78 Å². The van der Waals surface area contributed by atoms with Crippen molar-refractivity contribution in [2.45, 2.75) is 13.2 Å². The lowest BCUT2D eigenvalue weighted by Gasteiger charge is -2.11. The van der Waals surface area contributed by atoms with Crippen molar-refractivity contribution in [2.24, 2.45) is 5.73 Å². The van der Waals surface area contributed by atoms with Crippen molar-refractivity contribution in [1.82, 2.24) is 0 Å². The van der Waals surface area contributed by atoms with Crippen molar-refractivity contribution < 1.29 is 13.5 Å². The third-order valence-corrected chi connectivity index (χ3v) is 3.13. The Morgan fingerprint density at radius 3 is 2.53 bits per heavy atom. The fourth-order valence-electron chi connectivity index (χ4n) is 1.64. The first kappa shape index (κ1) is 14.0. The molecule has 100 valence electrons. The highest BCUT2D eigenvalue weighted by Crippen LogP contribution is 2.24. The summed E-state index contributed by atoms with van der Waals surface area (Å²) in [5.41, 5.74) is 6.73. The maximum Gasteiger partial charge on any atom is 0.132 e. The number of halogens is 3. The van der Waals surface area contributed by atoms with Gasteiger partial charge in [0.05, 0.1) is 0 Å². The average molecular weight is 328 g/mol. The monoisotopic (exact) mass is 327 g/mol. The zero-order valence-corrected chi connectivity index (χ0v) is 11.6. The Bertz CT molecular complexity index is 590. The molecule has 0 aromatic heterocycles. The van der Waals surface area contributed by atoms with Crippen molar-refractivity contribution in [3.63, 3.8) is 0 Å². The van der Waals surface area contributed by atoms with E-state index in [4.69, 9.17) is 10.5 Å². The fraction of sp³-hybridized carbons (Fsp3) is 0.143. The van der Waals surface area contributed by atoms with E-state index >= 15 is 0 Å². The molecule has 0 radical (unpaired) electrons. The van der Waals surface area contributed by atoms with E-state index in [1.54, 1.807) is 6.07 Å². The summed E-state index contributed by atoms with van der Waals surface area (Å²) in [5, 5.41) is 0. The zero-order valence-electron chi connectivity index (χ0n) is 10.00. The molecule has 0 heterocycles. The maximum atomic E-state index is 13.4. The Morgan fingerprint density at radius 2 is 1.84 bits per heavy atom. The van der Waals surface area contributed by atoms with Gasteiger partial charge < -0.3 is 10.5 Å². The number of hydrogen-bond donors (Lipinski definition) is 1. The van der Waals surface area contributed by atoms with Crippen molar-refractivity contribution in [3.05, 3.63) is 63.6 Å². The molecule has 19 heavy (non-hydrogen) atoms. The Labute approximate surface area is 118 Å². The first-order chi connectivity index (χ1) is 9.10. The highest BCUT2D eigenvalue weighted by Gasteiger charge is 2.07. The van der Waals surface area contributed by atoms with E-state index in [1.165, 1.54) is 12.1 Å². The summed E-state index contributed by atoms with van der Waals surface area (Å²) in [4.78, 5) is 0. The second-order valence-corrected chi connectivity index (χ2v) is 4.90. The van der Waals surface area contributed by atoms with Gasteiger partial charge in [0.2, 0.25) is 0 Å². The van der Waals surface area contributed by atoms with Crippen LogP contribution in [-0.2, 0) is 13.2 Å². The summed E-state index contributed by atoms with van der Waals surface area (Å²) in [7, 11) is 0. The second kappa shape index (κ2) is 6.12. The van der Waals surface area contributed by atoms with Gasteiger partial charge in [-0.05, 0) is 30.3 Å². The van der Waals surface area contributed by atoms with Gasteiger partial charge in [0, 0.05) is 28.2 Å². The Balaban J connectivity index is 2.14. The molecule has 2 aromatic rings. The van der Waals surface area contributed by atoms with E-state index in [-0.39, 0.29) is 6.61 Å². The molecule has 0 atom stereocenters. The average Bonchev–Trinajstić information content (AvgIpc) is 2.39. The van der Waals surface area contributed by atoms with Crippen LogP contribution >= 0.6 is 15.9 Å². The van der Waals surface area contributed by atoms with E-state index in [0.717, 1.165) is 16.1 Å². The largest absolute Gasteiger partial charge is 0.488 e. The molecule has 0 bridgehead atoms. The predicted octanol–water partition coefficient (Wildman–Crippen LogP) is 3.77. The minimum absolute atomic E-state index is 0.0285. The maximum absolute atomic E-state index is 13.4. The van der Waals surface area contributed by atoms with Crippen LogP contribution in [0.25, 0.3) is 0 Å². The van der Waals surface area contributed by atoms with Gasteiger partial charge in [-0.2, -0.15) is 0 Å². The highest BCUT2D eigenvalue weighted by molar-refractivity contribution is 9.10. The smallest absolute Gasteiger partial charge is 0.132 e. The van der Waals surface area contributed by atoms with Crippen LogP contribution in [0.4, 0.5) is 8.78 Å². The summed E-state index contributed by atoms with van der Waals surface area (Å²) in [6.45, 7) is 0.349. The van der Waals surface area contributed by atoms with Crippen LogP contribution in [-0.4, -0.2) is 0 Å². The summed E-state index contributed by atoms with van der Waals surface area (Å²) < 4.78 is 32.6. The molecule has 0 amide bonds. The van der Waals surface area contributed by atoms with Gasteiger partial charge in [0.1, 0.15) is 24.0 Å². The van der Waals surface area contributed by atoms with Gasteiger partial charge in [-0.3, -0.25) is 0 Å². The van der Waals surface area contributed by atoms with E-state index < -0.39 is 11.6 Å². The summed E-state index contributed by atoms with van der Waals surface area (Å²) in [6, 6.07) is 8.82. The minimum atomic E-state index is -0.619. The zero-order chi connectivity index (χ0) is 13.8. The first-order valence-electron chi connectivity index (χ1n) is 5.65. The van der Waals surface area contributed by atoms with Crippen LogP contribution in [0, 0.1) is 11.6 Å². The Hall–Kier alpha value is -1.46. The SMILES string of the molecule is NCc1cc(Br)ccc1OCc1ccc(F)cc1F. The minimum Gasteiger partial charge on any atom is -0.488 e. The molecule has 0 unspecified atom stereocenters. The van der Waals surface area contributed by atoms with E-state index in [1.807, 2.05) is 12.1 Å². The lowest BCUT2D eigenvalue weighted by molar-refractivity contribution is 0.296. The molecule has 2 aromatic carbocycles. The van der Waals surface area contributed by atoms with Crippen LogP contribution < -0.4 is 10.5 Å². The summed E-state index contributed by atoms with van der Waals surface area (Å²) in [6.07, 6.45) is 0. The molecule has 0 spiro atoms. The van der Waals surface area contributed by atoms with E-state index in [2.05, 4.69) is 15.9 Å². The first-order valence-corrected chi connectivity index (χ1v) is 6.44. The van der Waals surface area contributed by atoms with Crippen molar-refractivity contribution in [3.8, 4) is 5.75 Å². The quantitative estimate of drug-likeness (QED) is 0.927. The van der Waals surface area contributed by atoms with Gasteiger partial charge in [-0.25, -0.2) is 8.78 Å². The molecule has 2 N–H and O–H groups in total. The molecule has 0 saturated heterocycles. The number of ether oxygens (including phenoxy) is 1. The molecule has 0 aliphatic rings. The fourth-order valence-corrected chi connectivity index (χ4v) is 2.05. The third-order valence-electron chi connectivity index (χ3n) is 2.64. The standard InChI is InChI=1S/C14H12BrF2NO/c15-11-2-4-14(10(5-11)7-18)19-8-9-1-3-12(16)6-13(9)17/h1-6H,7-8,18H2.